The van der Waals surface area contributed by atoms with Crippen LogP contribution in [0.1, 0.15) is 22.8 Å². The second kappa shape index (κ2) is 15.1. The Kier molecular flexibility index (Phi) is 10.5. The summed E-state index contributed by atoms with van der Waals surface area (Å²) in [7, 11) is 0. The van der Waals surface area contributed by atoms with Crippen LogP contribution >= 0.6 is 23.4 Å². The predicted octanol–water partition coefficient (Wildman–Crippen LogP) is 8.60. The maximum Gasteiger partial charge on any atom is 0.272 e. The third-order valence-corrected chi connectivity index (χ3v) is 8.01. The number of benzene rings is 5. The van der Waals surface area contributed by atoms with Crippen molar-refractivity contribution in [1.82, 2.24) is 5.32 Å². The largest absolute Gasteiger partial charge is 0.321 e. The van der Waals surface area contributed by atoms with Gasteiger partial charge < -0.3 is 10.6 Å². The second-order valence-corrected chi connectivity index (χ2v) is 11.9. The first-order chi connectivity index (χ1) is 21.9. The summed E-state index contributed by atoms with van der Waals surface area (Å²) in [6, 6.07) is 42.0. The highest BCUT2D eigenvalue weighted by Crippen LogP contribution is 2.32. The third-order valence-electron chi connectivity index (χ3n) is 6.69. The molecule has 0 saturated carbocycles. The van der Waals surface area contributed by atoms with Crippen molar-refractivity contribution in [2.75, 3.05) is 10.2 Å². The molecule has 1 atom stereocenters. The van der Waals surface area contributed by atoms with E-state index in [1.807, 2.05) is 85.8 Å². The van der Waals surface area contributed by atoms with Gasteiger partial charge in [-0.2, -0.15) is 0 Å². The first kappa shape index (κ1) is 31.3. The number of nitrogens with zero attached hydrogens (tertiary/aromatic N) is 1. The molecule has 45 heavy (non-hydrogen) atoms. The van der Waals surface area contributed by atoms with Crippen molar-refractivity contribution < 1.29 is 14.4 Å². The molecule has 2 N–H and O–H groups in total. The maximum absolute atomic E-state index is 13.8. The van der Waals surface area contributed by atoms with Crippen molar-refractivity contribution in [3.63, 3.8) is 0 Å². The highest BCUT2D eigenvalue weighted by Gasteiger charge is 2.24. The van der Waals surface area contributed by atoms with Gasteiger partial charge in [-0.05, 0) is 85.3 Å². The lowest BCUT2D eigenvalue weighted by molar-refractivity contribution is -0.117. The van der Waals surface area contributed by atoms with E-state index >= 15 is 0 Å². The molecule has 6 nitrogen and oxygen atoms in total. The number of thioether (sulfide) groups is 1. The van der Waals surface area contributed by atoms with Crippen molar-refractivity contribution >= 4 is 64.2 Å². The van der Waals surface area contributed by atoms with Gasteiger partial charge in [0.25, 0.3) is 11.8 Å². The van der Waals surface area contributed by atoms with Crippen LogP contribution in [0.25, 0.3) is 6.08 Å². The van der Waals surface area contributed by atoms with Crippen LogP contribution in [0.3, 0.4) is 0 Å². The fourth-order valence-corrected chi connectivity index (χ4v) is 5.71. The van der Waals surface area contributed by atoms with Gasteiger partial charge in [-0.1, -0.05) is 84.4 Å². The average molecular weight is 632 g/mol. The Morgan fingerprint density at radius 3 is 1.96 bits per heavy atom. The Labute approximate surface area is 271 Å². The fraction of sp³-hybridized carbons (Fsp3) is 0.0541. The van der Waals surface area contributed by atoms with Crippen LogP contribution < -0.4 is 15.5 Å². The summed E-state index contributed by atoms with van der Waals surface area (Å²) in [5, 5.41) is 5.69. The van der Waals surface area contributed by atoms with Gasteiger partial charge in [-0.3, -0.25) is 19.3 Å². The van der Waals surface area contributed by atoms with E-state index in [1.54, 1.807) is 71.6 Å². The van der Waals surface area contributed by atoms with E-state index < -0.39 is 17.1 Å². The molecule has 1 unspecified atom stereocenters. The predicted molar refractivity (Wildman–Crippen MR) is 184 cm³/mol. The zero-order valence-electron chi connectivity index (χ0n) is 24.4. The van der Waals surface area contributed by atoms with Crippen molar-refractivity contribution in [2.24, 2.45) is 0 Å². The fourth-order valence-electron chi connectivity index (χ4n) is 4.55. The van der Waals surface area contributed by atoms with E-state index in [0.29, 0.717) is 21.8 Å². The molecule has 5 rings (SSSR count). The second-order valence-electron chi connectivity index (χ2n) is 10.0. The molecular weight excluding hydrogens is 602 g/mol. The minimum Gasteiger partial charge on any atom is -0.321 e. The molecule has 0 bridgehead atoms. The Morgan fingerprint density at radius 2 is 1.33 bits per heavy atom. The molecule has 8 heteroatoms. The maximum atomic E-state index is 13.8. The quantitative estimate of drug-likeness (QED) is 0.120. The van der Waals surface area contributed by atoms with E-state index in [9.17, 15) is 14.4 Å². The standard InChI is InChI=1S/C37H30ClN3O3S/c1-26(37(44)41(31-18-7-3-8-19-31)32-20-9-4-10-21-32)45-33-22-12-17-30(25-33)39-36(43)34(24-27-13-11-16-29(38)23-27)40-35(42)28-14-5-2-6-15-28/h2-26H,1H3,(H,39,43)(H,40,42)/b34-24-. The lowest BCUT2D eigenvalue weighted by atomic mass is 10.1. The Hall–Kier alpha value is -5.11. The zero-order chi connectivity index (χ0) is 31.6. The van der Waals surface area contributed by atoms with E-state index in [1.165, 1.54) is 11.8 Å². The molecule has 0 saturated heterocycles. The zero-order valence-corrected chi connectivity index (χ0v) is 26.0. The van der Waals surface area contributed by atoms with E-state index in [0.717, 1.165) is 16.3 Å². The van der Waals surface area contributed by atoms with Crippen LogP contribution in [0.2, 0.25) is 5.02 Å². The molecule has 0 aliphatic heterocycles. The number of para-hydroxylation sites is 2. The summed E-state index contributed by atoms with van der Waals surface area (Å²) in [6.07, 6.45) is 1.57. The summed E-state index contributed by atoms with van der Waals surface area (Å²) in [5.41, 5.74) is 3.18. The number of amides is 3. The molecule has 224 valence electrons. The molecule has 0 radical (unpaired) electrons. The molecule has 5 aromatic rings. The number of anilines is 3. The van der Waals surface area contributed by atoms with E-state index in [4.69, 9.17) is 11.6 Å². The summed E-state index contributed by atoms with van der Waals surface area (Å²) >= 11 is 7.55. The Morgan fingerprint density at radius 1 is 0.733 bits per heavy atom. The van der Waals surface area contributed by atoms with Crippen LogP contribution in [0.4, 0.5) is 17.1 Å². The number of carbonyl (C=O) groups excluding carboxylic acids is 3. The molecule has 0 aliphatic rings. The molecule has 0 aromatic heterocycles. The van der Waals surface area contributed by atoms with Crippen LogP contribution in [-0.2, 0) is 9.59 Å². The van der Waals surface area contributed by atoms with Crippen LogP contribution in [0, 0.1) is 0 Å². The first-order valence-corrected chi connectivity index (χ1v) is 15.5. The highest BCUT2D eigenvalue weighted by atomic mass is 35.5. The number of hydrogen-bond donors (Lipinski definition) is 2. The number of nitrogens with one attached hydrogen (secondary N) is 2. The summed E-state index contributed by atoms with van der Waals surface area (Å²) in [5.74, 6) is -1.01. The third kappa shape index (κ3) is 8.50. The SMILES string of the molecule is CC(Sc1cccc(NC(=O)/C(=C/c2cccc(Cl)c2)NC(=O)c2ccccc2)c1)C(=O)N(c1ccccc1)c1ccccc1. The average Bonchev–Trinajstić information content (AvgIpc) is 3.06. The molecule has 0 aliphatic carbocycles. The van der Waals surface area contributed by atoms with Gasteiger partial charge in [0.15, 0.2) is 0 Å². The smallest absolute Gasteiger partial charge is 0.272 e. The number of rotatable bonds is 10. The molecule has 0 fully saturated rings. The summed E-state index contributed by atoms with van der Waals surface area (Å²) in [6.45, 7) is 1.86. The van der Waals surface area contributed by atoms with Crippen molar-refractivity contribution in [2.45, 2.75) is 17.1 Å². The first-order valence-electron chi connectivity index (χ1n) is 14.2. The lowest BCUT2D eigenvalue weighted by Gasteiger charge is -2.26. The Bertz CT molecular complexity index is 1780. The van der Waals surface area contributed by atoms with Gasteiger partial charge in [0, 0.05) is 32.5 Å². The van der Waals surface area contributed by atoms with Gasteiger partial charge >= 0.3 is 0 Å². The summed E-state index contributed by atoms with van der Waals surface area (Å²) < 4.78 is 0. The van der Waals surface area contributed by atoms with Gasteiger partial charge in [0.1, 0.15) is 5.70 Å². The molecule has 3 amide bonds. The van der Waals surface area contributed by atoms with Crippen LogP contribution in [0.5, 0.6) is 0 Å². The number of hydrogen-bond acceptors (Lipinski definition) is 4. The van der Waals surface area contributed by atoms with E-state index in [-0.39, 0.29) is 11.6 Å². The molecular formula is C37H30ClN3O3S. The molecule has 5 aromatic carbocycles. The van der Waals surface area contributed by atoms with Crippen molar-refractivity contribution in [3.05, 3.63) is 161 Å². The van der Waals surface area contributed by atoms with Crippen LogP contribution in [0.15, 0.2) is 150 Å². The molecule has 0 spiro atoms. The topological polar surface area (TPSA) is 78.5 Å². The van der Waals surface area contributed by atoms with Gasteiger partial charge in [-0.15, -0.1) is 11.8 Å². The van der Waals surface area contributed by atoms with Gasteiger partial charge in [-0.25, -0.2) is 0 Å². The lowest BCUT2D eigenvalue weighted by Crippen LogP contribution is -2.32. The van der Waals surface area contributed by atoms with Crippen LogP contribution in [-0.4, -0.2) is 23.0 Å². The minimum atomic E-state index is -0.509. The number of halogens is 1. The minimum absolute atomic E-state index is 0.0501. The number of carbonyl (C=O) groups is 3. The van der Waals surface area contributed by atoms with Crippen molar-refractivity contribution in [3.8, 4) is 0 Å². The van der Waals surface area contributed by atoms with Gasteiger partial charge in [0.2, 0.25) is 5.91 Å². The van der Waals surface area contributed by atoms with E-state index in [2.05, 4.69) is 10.6 Å². The highest BCUT2D eigenvalue weighted by molar-refractivity contribution is 8.00. The van der Waals surface area contributed by atoms with Crippen molar-refractivity contribution in [1.29, 1.82) is 0 Å². The van der Waals surface area contributed by atoms with Gasteiger partial charge in [0.05, 0.1) is 5.25 Å². The normalized spacial score (nSPS) is 11.7. The monoisotopic (exact) mass is 631 g/mol. The summed E-state index contributed by atoms with van der Waals surface area (Å²) in [4.78, 5) is 42.8. The Balaban J connectivity index is 1.34. The molecule has 0 heterocycles.